The second-order valence-corrected chi connectivity index (χ2v) is 6.29. The molecule has 0 saturated heterocycles. The lowest BCUT2D eigenvalue weighted by Crippen LogP contribution is -2.12. The molecule has 0 spiro atoms. The van der Waals surface area contributed by atoms with Crippen molar-refractivity contribution in [2.75, 3.05) is 20.8 Å². The maximum absolute atomic E-state index is 9.87. The van der Waals surface area contributed by atoms with Crippen molar-refractivity contribution in [2.24, 2.45) is 4.99 Å². The van der Waals surface area contributed by atoms with Crippen LogP contribution in [0.1, 0.15) is 23.1 Å². The molecule has 3 aromatic rings. The zero-order valence-electron chi connectivity index (χ0n) is 15.5. The van der Waals surface area contributed by atoms with Gasteiger partial charge in [0.2, 0.25) is 5.90 Å². The fourth-order valence-electron chi connectivity index (χ4n) is 3.29. The van der Waals surface area contributed by atoms with Gasteiger partial charge in [0.15, 0.2) is 11.5 Å². The van der Waals surface area contributed by atoms with E-state index in [2.05, 4.69) is 21.3 Å². The molecule has 1 aliphatic heterocycles. The zero-order chi connectivity index (χ0) is 19.5. The van der Waals surface area contributed by atoms with E-state index in [1.807, 2.05) is 30.3 Å². The summed E-state index contributed by atoms with van der Waals surface area (Å²) in [5, 5.41) is 18.8. The predicted octanol–water partition coefficient (Wildman–Crippen LogP) is 3.42. The summed E-state index contributed by atoms with van der Waals surface area (Å²) in [5.74, 6) is 0.802. The van der Waals surface area contributed by atoms with E-state index in [0.29, 0.717) is 35.1 Å². The van der Waals surface area contributed by atoms with Crippen LogP contribution in [0.5, 0.6) is 11.5 Å². The summed E-state index contributed by atoms with van der Waals surface area (Å²) in [6, 6.07) is 15.6. The molecule has 28 heavy (non-hydrogen) atoms. The summed E-state index contributed by atoms with van der Waals surface area (Å²) in [4.78, 5) is 4.66. The summed E-state index contributed by atoms with van der Waals surface area (Å²) in [6.45, 7) is 0.408. The predicted molar refractivity (Wildman–Crippen MR) is 104 cm³/mol. The highest BCUT2D eigenvalue weighted by molar-refractivity contribution is 5.94. The number of benzene rings is 2. The third-order valence-electron chi connectivity index (χ3n) is 4.72. The highest BCUT2D eigenvalue weighted by Crippen LogP contribution is 2.36. The van der Waals surface area contributed by atoms with E-state index in [1.54, 1.807) is 32.5 Å². The van der Waals surface area contributed by atoms with Crippen molar-refractivity contribution < 1.29 is 14.2 Å². The molecule has 2 aromatic carbocycles. The number of nitriles is 1. The van der Waals surface area contributed by atoms with Crippen LogP contribution in [0, 0.1) is 11.3 Å². The van der Waals surface area contributed by atoms with E-state index in [0.717, 1.165) is 10.9 Å². The van der Waals surface area contributed by atoms with Gasteiger partial charge < -0.3 is 14.2 Å². The molecule has 0 fully saturated rings. The standard InChI is InChI=1S/C21H18N4O3/c1-26-19-8-14-16(11-23-25-17(14)9-20(19)27-2)15(10-22)21-24-18(12-28-21)13-6-4-3-5-7-13/h3-9,11,15,18H,12H2,1-2H3. The lowest BCUT2D eigenvalue weighted by atomic mass is 9.97. The Morgan fingerprint density at radius 2 is 1.89 bits per heavy atom. The van der Waals surface area contributed by atoms with Crippen molar-refractivity contribution in [3.8, 4) is 17.6 Å². The summed E-state index contributed by atoms with van der Waals surface area (Å²) in [5.41, 5.74) is 2.33. The maximum atomic E-state index is 9.87. The van der Waals surface area contributed by atoms with E-state index < -0.39 is 5.92 Å². The highest BCUT2D eigenvalue weighted by Gasteiger charge is 2.30. The highest BCUT2D eigenvalue weighted by atomic mass is 16.5. The fourth-order valence-corrected chi connectivity index (χ4v) is 3.29. The van der Waals surface area contributed by atoms with Crippen LogP contribution in [-0.2, 0) is 4.74 Å². The Labute approximate surface area is 162 Å². The SMILES string of the molecule is COc1cc2nncc(C(C#N)C3=NC(c4ccccc4)CO3)c2cc1OC. The van der Waals surface area contributed by atoms with Gasteiger partial charge in [-0.3, -0.25) is 0 Å². The Kier molecular flexibility index (Phi) is 4.77. The van der Waals surface area contributed by atoms with Gasteiger partial charge in [0.05, 0.1) is 32.0 Å². The van der Waals surface area contributed by atoms with Crippen LogP contribution in [-0.4, -0.2) is 36.9 Å². The Balaban J connectivity index is 1.77. The van der Waals surface area contributed by atoms with Crippen LogP contribution < -0.4 is 9.47 Å². The Hall–Kier alpha value is -3.66. The van der Waals surface area contributed by atoms with Crippen molar-refractivity contribution in [2.45, 2.75) is 12.0 Å². The molecule has 4 rings (SSSR count). The van der Waals surface area contributed by atoms with Crippen molar-refractivity contribution in [1.82, 2.24) is 10.2 Å². The van der Waals surface area contributed by atoms with Crippen molar-refractivity contribution >= 4 is 16.8 Å². The molecule has 7 heteroatoms. The number of hydrogen-bond acceptors (Lipinski definition) is 7. The third-order valence-corrected chi connectivity index (χ3v) is 4.72. The topological polar surface area (TPSA) is 89.6 Å². The molecule has 1 aliphatic rings. The Bertz CT molecular complexity index is 1080. The van der Waals surface area contributed by atoms with Gasteiger partial charge in [-0.15, -0.1) is 0 Å². The first-order valence-corrected chi connectivity index (χ1v) is 8.77. The molecule has 7 nitrogen and oxygen atoms in total. The van der Waals surface area contributed by atoms with E-state index in [-0.39, 0.29) is 6.04 Å². The largest absolute Gasteiger partial charge is 0.493 e. The van der Waals surface area contributed by atoms with Gasteiger partial charge in [-0.25, -0.2) is 4.99 Å². The van der Waals surface area contributed by atoms with Gasteiger partial charge in [-0.05, 0) is 11.6 Å². The van der Waals surface area contributed by atoms with Gasteiger partial charge in [0, 0.05) is 17.0 Å². The first-order valence-electron chi connectivity index (χ1n) is 8.77. The first-order chi connectivity index (χ1) is 13.7. The molecule has 0 radical (unpaired) electrons. The van der Waals surface area contributed by atoms with Crippen molar-refractivity contribution in [3.63, 3.8) is 0 Å². The summed E-state index contributed by atoms with van der Waals surface area (Å²) >= 11 is 0. The molecule has 2 heterocycles. The quantitative estimate of drug-likeness (QED) is 0.680. The molecule has 2 atom stereocenters. The zero-order valence-corrected chi connectivity index (χ0v) is 15.5. The second-order valence-electron chi connectivity index (χ2n) is 6.29. The van der Waals surface area contributed by atoms with E-state index in [9.17, 15) is 5.26 Å². The lowest BCUT2D eigenvalue weighted by Gasteiger charge is -2.13. The number of nitrogens with zero attached hydrogens (tertiary/aromatic N) is 4. The number of hydrogen-bond donors (Lipinski definition) is 0. The smallest absolute Gasteiger partial charge is 0.206 e. The molecule has 140 valence electrons. The summed E-state index contributed by atoms with van der Waals surface area (Å²) in [7, 11) is 3.12. The van der Waals surface area contributed by atoms with Crippen LogP contribution in [0.4, 0.5) is 0 Å². The van der Waals surface area contributed by atoms with Crippen LogP contribution in [0.25, 0.3) is 10.9 Å². The average Bonchev–Trinajstić information content (AvgIpc) is 3.24. The molecule has 0 saturated carbocycles. The van der Waals surface area contributed by atoms with E-state index in [4.69, 9.17) is 14.2 Å². The Morgan fingerprint density at radius 3 is 2.61 bits per heavy atom. The molecular weight excluding hydrogens is 356 g/mol. The molecule has 2 unspecified atom stereocenters. The molecule has 0 bridgehead atoms. The van der Waals surface area contributed by atoms with Crippen LogP contribution in [0.3, 0.4) is 0 Å². The average molecular weight is 374 g/mol. The molecule has 0 N–H and O–H groups in total. The fraction of sp³-hybridized carbons (Fsp3) is 0.238. The number of methoxy groups -OCH3 is 2. The summed E-state index contributed by atoms with van der Waals surface area (Å²) < 4.78 is 16.5. The number of fused-ring (bicyclic) bond motifs is 1. The van der Waals surface area contributed by atoms with Crippen molar-refractivity contribution in [3.05, 3.63) is 59.8 Å². The number of rotatable bonds is 5. The molecule has 1 aromatic heterocycles. The van der Waals surface area contributed by atoms with Crippen LogP contribution in [0.15, 0.2) is 53.7 Å². The van der Waals surface area contributed by atoms with E-state index in [1.165, 1.54) is 0 Å². The lowest BCUT2D eigenvalue weighted by molar-refractivity contribution is 0.311. The minimum absolute atomic E-state index is 0.122. The second kappa shape index (κ2) is 7.53. The van der Waals surface area contributed by atoms with Gasteiger partial charge in [0.25, 0.3) is 0 Å². The molecule has 0 amide bonds. The van der Waals surface area contributed by atoms with E-state index >= 15 is 0 Å². The number of aliphatic imine (C=N–C) groups is 1. The third kappa shape index (κ3) is 3.09. The van der Waals surface area contributed by atoms with Gasteiger partial charge in [-0.1, -0.05) is 30.3 Å². The minimum Gasteiger partial charge on any atom is -0.493 e. The Morgan fingerprint density at radius 1 is 1.14 bits per heavy atom. The van der Waals surface area contributed by atoms with Crippen LogP contribution in [0.2, 0.25) is 0 Å². The normalized spacial score (nSPS) is 16.8. The summed E-state index contributed by atoms with van der Waals surface area (Å²) in [6.07, 6.45) is 1.57. The number of ether oxygens (including phenoxy) is 3. The molecular formula is C21H18N4O3. The van der Waals surface area contributed by atoms with Gasteiger partial charge >= 0.3 is 0 Å². The molecule has 0 aliphatic carbocycles. The van der Waals surface area contributed by atoms with Gasteiger partial charge in [-0.2, -0.15) is 15.5 Å². The van der Waals surface area contributed by atoms with Crippen LogP contribution >= 0.6 is 0 Å². The maximum Gasteiger partial charge on any atom is 0.206 e. The minimum atomic E-state index is -0.690. The first kappa shape index (κ1) is 17.7. The monoisotopic (exact) mass is 374 g/mol. The number of aromatic nitrogens is 2. The van der Waals surface area contributed by atoms with Gasteiger partial charge in [0.1, 0.15) is 18.6 Å². The van der Waals surface area contributed by atoms with Crippen molar-refractivity contribution in [1.29, 1.82) is 5.26 Å².